The third kappa shape index (κ3) is 4.05. The molecule has 0 spiro atoms. The molecule has 0 aliphatic carbocycles. The van der Waals surface area contributed by atoms with E-state index in [0.29, 0.717) is 34.7 Å². The molecule has 0 aliphatic heterocycles. The number of carbonyl (C=O) groups excluding carboxylic acids is 2. The largest absolute Gasteiger partial charge is 0.461 e. The van der Waals surface area contributed by atoms with Crippen LogP contribution in [0.4, 0.5) is 11.4 Å². The summed E-state index contributed by atoms with van der Waals surface area (Å²) in [6, 6.07) is 5.66. The van der Waals surface area contributed by atoms with Crippen molar-refractivity contribution in [2.24, 2.45) is 0 Å². The van der Waals surface area contributed by atoms with E-state index in [1.807, 2.05) is 0 Å². The zero-order chi connectivity index (χ0) is 20.1. The van der Waals surface area contributed by atoms with Gasteiger partial charge < -0.3 is 14.6 Å². The van der Waals surface area contributed by atoms with E-state index in [1.165, 1.54) is 18.2 Å². The summed E-state index contributed by atoms with van der Waals surface area (Å²) in [5.74, 6) is -0.979. The molecule has 8 nitrogen and oxygen atoms in total. The van der Waals surface area contributed by atoms with Crippen LogP contribution in [0.15, 0.2) is 36.9 Å². The number of hydrogen-bond donors (Lipinski definition) is 1. The van der Waals surface area contributed by atoms with Crippen molar-refractivity contribution in [2.45, 2.75) is 27.3 Å². The predicted octanol–water partition coefficient (Wildman–Crippen LogP) is 3.63. The number of rotatable bonds is 7. The summed E-state index contributed by atoms with van der Waals surface area (Å²) in [5, 5.41) is 13.6. The molecule has 8 heteroatoms. The van der Waals surface area contributed by atoms with Crippen molar-refractivity contribution in [1.82, 2.24) is 4.57 Å². The molecule has 0 fully saturated rings. The molecule has 0 unspecified atom stereocenters. The number of non-ortho nitro benzene ring substituents is 1. The van der Waals surface area contributed by atoms with Crippen LogP contribution in [0.2, 0.25) is 0 Å². The van der Waals surface area contributed by atoms with E-state index in [0.717, 1.165) is 0 Å². The van der Waals surface area contributed by atoms with Crippen LogP contribution < -0.4 is 5.32 Å². The SMILES string of the molecule is C=CCn1c(C)c(C(=O)Nc2cccc([N+](=O)[O-])c2)c(C)c1C(=O)OCC. The van der Waals surface area contributed by atoms with Gasteiger partial charge in [0.2, 0.25) is 0 Å². The van der Waals surface area contributed by atoms with Crippen LogP contribution in [0.3, 0.4) is 0 Å². The topological polar surface area (TPSA) is 103 Å². The summed E-state index contributed by atoms with van der Waals surface area (Å²) in [6.07, 6.45) is 1.62. The van der Waals surface area contributed by atoms with Gasteiger partial charge in [0.25, 0.3) is 11.6 Å². The van der Waals surface area contributed by atoms with Crippen molar-refractivity contribution in [2.75, 3.05) is 11.9 Å². The Hall–Kier alpha value is -3.42. The first kappa shape index (κ1) is 19.9. The molecule has 0 atom stereocenters. The summed E-state index contributed by atoms with van der Waals surface area (Å²) in [4.78, 5) is 35.5. The minimum atomic E-state index is -0.536. The summed E-state index contributed by atoms with van der Waals surface area (Å²) in [6.45, 7) is 9.33. The van der Waals surface area contributed by atoms with Gasteiger partial charge in [0.05, 0.1) is 17.1 Å². The van der Waals surface area contributed by atoms with E-state index in [9.17, 15) is 19.7 Å². The number of anilines is 1. The number of nitrogens with one attached hydrogen (secondary N) is 1. The molecule has 2 rings (SSSR count). The Morgan fingerprint density at radius 3 is 2.67 bits per heavy atom. The first-order chi connectivity index (χ1) is 12.8. The van der Waals surface area contributed by atoms with Gasteiger partial charge in [0.1, 0.15) is 5.69 Å². The van der Waals surface area contributed by atoms with Gasteiger partial charge in [-0.2, -0.15) is 0 Å². The van der Waals surface area contributed by atoms with Crippen molar-refractivity contribution in [3.8, 4) is 0 Å². The third-order valence-corrected chi connectivity index (χ3v) is 4.09. The number of aromatic nitrogens is 1. The molecule has 0 aliphatic rings. The zero-order valence-corrected chi connectivity index (χ0v) is 15.4. The molecule has 0 radical (unpaired) electrons. The lowest BCUT2D eigenvalue weighted by molar-refractivity contribution is -0.384. The van der Waals surface area contributed by atoms with Crippen molar-refractivity contribution in [3.63, 3.8) is 0 Å². The van der Waals surface area contributed by atoms with Crippen LogP contribution in [-0.2, 0) is 11.3 Å². The Kier molecular flexibility index (Phi) is 6.12. The number of carbonyl (C=O) groups is 2. The maximum Gasteiger partial charge on any atom is 0.355 e. The number of ether oxygens (including phenoxy) is 1. The van der Waals surface area contributed by atoms with E-state index in [2.05, 4.69) is 11.9 Å². The van der Waals surface area contributed by atoms with E-state index < -0.39 is 16.8 Å². The molecule has 0 saturated heterocycles. The van der Waals surface area contributed by atoms with Crippen LogP contribution in [0.25, 0.3) is 0 Å². The molecular formula is C19H21N3O5. The molecule has 0 bridgehead atoms. The Morgan fingerprint density at radius 2 is 2.07 bits per heavy atom. The zero-order valence-electron chi connectivity index (χ0n) is 15.4. The highest BCUT2D eigenvalue weighted by Gasteiger charge is 2.27. The van der Waals surface area contributed by atoms with Gasteiger partial charge >= 0.3 is 5.97 Å². The fraction of sp³-hybridized carbons (Fsp3) is 0.263. The molecular weight excluding hydrogens is 350 g/mol. The third-order valence-electron chi connectivity index (χ3n) is 4.09. The van der Waals surface area contributed by atoms with Crippen molar-refractivity contribution in [1.29, 1.82) is 0 Å². The number of benzene rings is 1. The number of nitro benzene ring substituents is 1. The molecule has 2 aromatic rings. The maximum absolute atomic E-state index is 12.8. The highest BCUT2D eigenvalue weighted by molar-refractivity contribution is 6.08. The fourth-order valence-corrected chi connectivity index (χ4v) is 2.94. The first-order valence-electron chi connectivity index (χ1n) is 8.35. The molecule has 1 amide bonds. The number of hydrogen-bond acceptors (Lipinski definition) is 5. The van der Waals surface area contributed by atoms with Crippen molar-refractivity contribution < 1.29 is 19.2 Å². The Labute approximate surface area is 156 Å². The number of allylic oxidation sites excluding steroid dienone is 1. The standard InChI is InChI=1S/C19H21N3O5/c1-5-10-21-13(4)16(12(3)17(21)19(24)27-6-2)18(23)20-14-8-7-9-15(11-14)22(25)26/h5,7-9,11H,1,6,10H2,2-4H3,(H,20,23). The molecule has 27 heavy (non-hydrogen) atoms. The lowest BCUT2D eigenvalue weighted by Gasteiger charge is -2.09. The van der Waals surface area contributed by atoms with Crippen molar-refractivity contribution >= 4 is 23.3 Å². The average Bonchev–Trinajstić information content (AvgIpc) is 2.86. The van der Waals surface area contributed by atoms with Crippen LogP contribution in [0.1, 0.15) is 39.0 Å². The van der Waals surface area contributed by atoms with E-state index >= 15 is 0 Å². The average molecular weight is 371 g/mol. The smallest absolute Gasteiger partial charge is 0.355 e. The van der Waals surface area contributed by atoms with Gasteiger partial charge in [-0.05, 0) is 32.4 Å². The predicted molar refractivity (Wildman–Crippen MR) is 101 cm³/mol. The minimum Gasteiger partial charge on any atom is -0.461 e. The molecule has 1 aromatic carbocycles. The Morgan fingerprint density at radius 1 is 1.37 bits per heavy atom. The van der Waals surface area contributed by atoms with Gasteiger partial charge in [-0.3, -0.25) is 14.9 Å². The monoisotopic (exact) mass is 371 g/mol. The van der Waals surface area contributed by atoms with E-state index in [4.69, 9.17) is 4.74 Å². The van der Waals surface area contributed by atoms with E-state index in [-0.39, 0.29) is 12.3 Å². The summed E-state index contributed by atoms with van der Waals surface area (Å²) in [5.41, 5.74) is 1.85. The lowest BCUT2D eigenvalue weighted by Crippen LogP contribution is -2.14. The number of amides is 1. The second-order valence-corrected chi connectivity index (χ2v) is 5.82. The Balaban J connectivity index is 2.45. The summed E-state index contributed by atoms with van der Waals surface area (Å²) < 4.78 is 6.77. The molecule has 1 heterocycles. The quantitative estimate of drug-likeness (QED) is 0.346. The highest BCUT2D eigenvalue weighted by atomic mass is 16.6. The number of nitro groups is 1. The van der Waals surface area contributed by atoms with Gasteiger partial charge in [-0.15, -0.1) is 6.58 Å². The van der Waals surface area contributed by atoms with Crippen LogP contribution in [0.5, 0.6) is 0 Å². The molecule has 1 N–H and O–H groups in total. The molecule has 0 saturated carbocycles. The number of nitrogens with zero attached hydrogens (tertiary/aromatic N) is 2. The van der Waals surface area contributed by atoms with Gasteiger partial charge in [0.15, 0.2) is 0 Å². The first-order valence-corrected chi connectivity index (χ1v) is 8.35. The van der Waals surface area contributed by atoms with Crippen molar-refractivity contribution in [3.05, 3.63) is 69.5 Å². The number of esters is 1. The van der Waals surface area contributed by atoms with Crippen LogP contribution in [0, 0.1) is 24.0 Å². The van der Waals surface area contributed by atoms with Gasteiger partial charge in [-0.1, -0.05) is 12.1 Å². The van der Waals surface area contributed by atoms with Crippen LogP contribution >= 0.6 is 0 Å². The second kappa shape index (κ2) is 8.31. The minimum absolute atomic E-state index is 0.127. The second-order valence-electron chi connectivity index (χ2n) is 5.82. The summed E-state index contributed by atoms with van der Waals surface area (Å²) in [7, 11) is 0. The maximum atomic E-state index is 12.8. The van der Waals surface area contributed by atoms with Crippen LogP contribution in [-0.4, -0.2) is 28.0 Å². The van der Waals surface area contributed by atoms with Gasteiger partial charge in [-0.25, -0.2) is 4.79 Å². The normalized spacial score (nSPS) is 10.3. The molecule has 142 valence electrons. The fourth-order valence-electron chi connectivity index (χ4n) is 2.94. The Bertz CT molecular complexity index is 914. The van der Waals surface area contributed by atoms with E-state index in [1.54, 1.807) is 37.5 Å². The molecule has 1 aromatic heterocycles. The highest BCUT2D eigenvalue weighted by Crippen LogP contribution is 2.25. The van der Waals surface area contributed by atoms with Gasteiger partial charge in [0, 0.05) is 30.1 Å². The lowest BCUT2D eigenvalue weighted by atomic mass is 10.1. The summed E-state index contributed by atoms with van der Waals surface area (Å²) >= 11 is 0.